The van der Waals surface area contributed by atoms with Gasteiger partial charge in [0.15, 0.2) is 5.78 Å². The highest BCUT2D eigenvalue weighted by atomic mass is 32.1. The Kier molecular flexibility index (Phi) is 4.63. The number of nitrogen functional groups attached to an aromatic ring is 1. The third kappa shape index (κ3) is 3.31. The fraction of sp³-hybridized carbons (Fsp3) is 0.133. The molecule has 0 saturated carbocycles. The molecule has 3 aromatic rings. The van der Waals surface area contributed by atoms with E-state index in [1.807, 2.05) is 17.5 Å². The summed E-state index contributed by atoms with van der Waals surface area (Å²) in [5, 5.41) is 6.94. The van der Waals surface area contributed by atoms with Crippen LogP contribution in [0.3, 0.4) is 0 Å². The average molecular weight is 361 g/mol. The van der Waals surface area contributed by atoms with Gasteiger partial charge in [-0.2, -0.15) is 4.68 Å². The van der Waals surface area contributed by atoms with E-state index in [1.54, 1.807) is 31.4 Å². The molecular weight excluding hydrogens is 346 g/mol. The number of hydrogen-bond acceptors (Lipinski definition) is 7. The lowest BCUT2D eigenvalue weighted by molar-refractivity contribution is 0.0967. The number of aromatic nitrogens is 3. The Balaban J connectivity index is 1.79. The first-order chi connectivity index (χ1) is 11.6. The third-order valence-electron chi connectivity index (χ3n) is 3.31. The molecule has 0 radical (unpaired) electrons. The minimum Gasteiger partial charge on any atom is -0.497 e. The van der Waals surface area contributed by atoms with Crippen LogP contribution < -0.4 is 15.9 Å². The fourth-order valence-electron chi connectivity index (χ4n) is 2.09. The van der Waals surface area contributed by atoms with Crippen molar-refractivity contribution in [1.82, 2.24) is 14.5 Å². The molecule has 2 aromatic heterocycles. The van der Waals surface area contributed by atoms with Crippen LogP contribution in [0.2, 0.25) is 0 Å². The van der Waals surface area contributed by atoms with E-state index in [4.69, 9.17) is 22.7 Å². The van der Waals surface area contributed by atoms with Crippen LogP contribution in [0.4, 0.5) is 10.9 Å². The van der Waals surface area contributed by atoms with E-state index in [0.717, 1.165) is 5.00 Å². The van der Waals surface area contributed by atoms with Crippen LogP contribution in [-0.2, 0) is 6.54 Å². The number of hydrogen-bond donors (Lipinski definition) is 2. The third-order valence-corrected chi connectivity index (χ3v) is 4.48. The van der Waals surface area contributed by atoms with E-state index in [9.17, 15) is 4.79 Å². The van der Waals surface area contributed by atoms with Gasteiger partial charge in [0.25, 0.3) is 0 Å². The Hall–Kier alpha value is -2.65. The molecule has 0 fully saturated rings. The van der Waals surface area contributed by atoms with Crippen molar-refractivity contribution in [2.45, 2.75) is 6.54 Å². The number of anilines is 2. The van der Waals surface area contributed by atoms with Gasteiger partial charge in [0, 0.05) is 5.56 Å². The van der Waals surface area contributed by atoms with Crippen molar-refractivity contribution in [2.24, 2.45) is 0 Å². The van der Waals surface area contributed by atoms with Gasteiger partial charge in [0.1, 0.15) is 17.3 Å². The molecule has 0 atom stereocenters. The Bertz CT molecular complexity index is 897. The molecule has 0 aliphatic carbocycles. The second kappa shape index (κ2) is 6.85. The van der Waals surface area contributed by atoms with Crippen molar-refractivity contribution in [1.29, 1.82) is 0 Å². The zero-order chi connectivity index (χ0) is 17.1. The lowest BCUT2D eigenvalue weighted by Gasteiger charge is -2.05. The number of carbonyl (C=O) groups is 1. The molecule has 9 heteroatoms. The van der Waals surface area contributed by atoms with Crippen molar-refractivity contribution in [3.63, 3.8) is 0 Å². The maximum atomic E-state index is 12.4. The highest BCUT2D eigenvalue weighted by Gasteiger charge is 2.13. The van der Waals surface area contributed by atoms with Crippen LogP contribution in [0.1, 0.15) is 10.4 Å². The first kappa shape index (κ1) is 16.2. The zero-order valence-corrected chi connectivity index (χ0v) is 14.4. The molecule has 0 spiro atoms. The summed E-state index contributed by atoms with van der Waals surface area (Å²) >= 11 is 6.86. The van der Waals surface area contributed by atoms with Gasteiger partial charge in [-0.15, -0.1) is 16.4 Å². The molecule has 0 unspecified atom stereocenters. The van der Waals surface area contributed by atoms with E-state index < -0.39 is 0 Å². The molecule has 0 aliphatic heterocycles. The predicted molar refractivity (Wildman–Crippen MR) is 96.1 cm³/mol. The fourth-order valence-corrected chi connectivity index (χ4v) is 2.94. The minimum absolute atomic E-state index is 0.00842. The molecule has 2 heterocycles. The Morgan fingerprint density at radius 2 is 2.12 bits per heavy atom. The van der Waals surface area contributed by atoms with Crippen molar-refractivity contribution >= 4 is 40.3 Å². The van der Waals surface area contributed by atoms with Gasteiger partial charge in [-0.1, -0.05) is 0 Å². The summed E-state index contributed by atoms with van der Waals surface area (Å²) < 4.78 is 8.28. The van der Waals surface area contributed by atoms with Gasteiger partial charge in [0.2, 0.25) is 10.7 Å². The summed E-state index contributed by atoms with van der Waals surface area (Å²) in [6, 6.07) is 10.7. The van der Waals surface area contributed by atoms with Gasteiger partial charge in [-0.05, 0) is 54.0 Å². The SMILES string of the molecule is COc1ccc(C(=O)Cn2nc(N)n(Nc3cccs3)c2=S)cc1. The second-order valence-electron chi connectivity index (χ2n) is 4.87. The highest BCUT2D eigenvalue weighted by molar-refractivity contribution is 7.71. The van der Waals surface area contributed by atoms with Crippen LogP contribution in [0, 0.1) is 4.77 Å². The maximum Gasteiger partial charge on any atom is 0.240 e. The lowest BCUT2D eigenvalue weighted by atomic mass is 10.1. The standard InChI is InChI=1S/C15H15N5O2S2/c1-22-11-6-4-10(5-7-11)12(21)9-19-15(23)20(14(16)18-19)17-13-3-2-8-24-13/h2-8,17H,9H2,1H3,(H2,16,18). The van der Waals surface area contributed by atoms with Gasteiger partial charge < -0.3 is 10.5 Å². The number of methoxy groups -OCH3 is 1. The predicted octanol–water partition coefficient (Wildman–Crippen LogP) is 2.82. The van der Waals surface area contributed by atoms with Crippen LogP contribution in [0.15, 0.2) is 41.8 Å². The molecular formula is C15H15N5O2S2. The van der Waals surface area contributed by atoms with Crippen LogP contribution >= 0.6 is 23.6 Å². The molecule has 3 N–H and O–H groups in total. The maximum absolute atomic E-state index is 12.4. The second-order valence-corrected chi connectivity index (χ2v) is 6.19. The normalized spacial score (nSPS) is 10.5. The quantitative estimate of drug-likeness (QED) is 0.519. The van der Waals surface area contributed by atoms with Crippen molar-refractivity contribution < 1.29 is 9.53 Å². The summed E-state index contributed by atoms with van der Waals surface area (Å²) in [6.45, 7) is 0.00842. The summed E-state index contributed by atoms with van der Waals surface area (Å²) in [7, 11) is 1.58. The molecule has 24 heavy (non-hydrogen) atoms. The number of Topliss-reactive ketones (excluding diaryl/α,β-unsaturated/α-hetero) is 1. The van der Waals surface area contributed by atoms with Crippen LogP contribution in [-0.4, -0.2) is 27.3 Å². The Morgan fingerprint density at radius 1 is 1.38 bits per heavy atom. The molecule has 0 bridgehead atoms. The largest absolute Gasteiger partial charge is 0.497 e. The van der Waals surface area contributed by atoms with Crippen molar-refractivity contribution in [2.75, 3.05) is 18.3 Å². The first-order valence-electron chi connectivity index (χ1n) is 7.01. The first-order valence-corrected chi connectivity index (χ1v) is 8.30. The van der Waals surface area contributed by atoms with E-state index in [-0.39, 0.29) is 18.3 Å². The molecule has 0 amide bonds. The van der Waals surface area contributed by atoms with Crippen molar-refractivity contribution in [3.8, 4) is 5.75 Å². The molecule has 7 nitrogen and oxygen atoms in total. The summed E-state index contributed by atoms with van der Waals surface area (Å²) in [6.07, 6.45) is 0. The minimum atomic E-state index is -0.116. The summed E-state index contributed by atoms with van der Waals surface area (Å²) in [5.74, 6) is 0.766. The monoisotopic (exact) mass is 361 g/mol. The zero-order valence-electron chi connectivity index (χ0n) is 12.8. The van der Waals surface area contributed by atoms with Crippen LogP contribution in [0.5, 0.6) is 5.75 Å². The average Bonchev–Trinajstić information content (AvgIpc) is 3.19. The number of rotatable bonds is 6. The molecule has 0 aliphatic rings. The molecule has 0 saturated heterocycles. The molecule has 124 valence electrons. The van der Waals surface area contributed by atoms with E-state index >= 15 is 0 Å². The Morgan fingerprint density at radius 3 is 2.75 bits per heavy atom. The highest BCUT2D eigenvalue weighted by Crippen LogP contribution is 2.17. The summed E-state index contributed by atoms with van der Waals surface area (Å²) in [4.78, 5) is 12.4. The van der Waals surface area contributed by atoms with Gasteiger partial charge in [0.05, 0.1) is 7.11 Å². The van der Waals surface area contributed by atoms with Gasteiger partial charge >= 0.3 is 0 Å². The molecule has 1 aromatic carbocycles. The van der Waals surface area contributed by atoms with E-state index in [0.29, 0.717) is 16.1 Å². The number of carbonyl (C=O) groups excluding carboxylic acids is 1. The topological polar surface area (TPSA) is 87.1 Å². The number of nitrogens with one attached hydrogen (secondary N) is 1. The number of ether oxygens (including phenoxy) is 1. The lowest BCUT2D eigenvalue weighted by Crippen LogP contribution is -2.14. The van der Waals surface area contributed by atoms with E-state index in [1.165, 1.54) is 20.7 Å². The number of nitrogens with two attached hydrogens (primary N) is 1. The number of nitrogens with zero attached hydrogens (tertiary/aromatic N) is 3. The van der Waals surface area contributed by atoms with Crippen molar-refractivity contribution in [3.05, 3.63) is 52.1 Å². The summed E-state index contributed by atoms with van der Waals surface area (Å²) in [5.41, 5.74) is 9.51. The Labute approximate surface area is 147 Å². The van der Waals surface area contributed by atoms with Gasteiger partial charge in [-0.3, -0.25) is 10.2 Å². The molecule has 3 rings (SSSR count). The van der Waals surface area contributed by atoms with Crippen LogP contribution in [0.25, 0.3) is 0 Å². The number of ketones is 1. The number of benzene rings is 1. The van der Waals surface area contributed by atoms with E-state index in [2.05, 4.69) is 10.5 Å². The smallest absolute Gasteiger partial charge is 0.240 e. The number of thiophene rings is 1. The van der Waals surface area contributed by atoms with Gasteiger partial charge in [-0.25, -0.2) is 4.68 Å².